The highest BCUT2D eigenvalue weighted by atomic mass is 16.3. The summed E-state index contributed by atoms with van der Waals surface area (Å²) >= 11 is 0. The Morgan fingerprint density at radius 3 is 2.67 bits per heavy atom. The first-order valence-electron chi connectivity index (χ1n) is 6.93. The molecule has 110 valence electrons. The van der Waals surface area contributed by atoms with Crippen molar-refractivity contribution in [2.75, 3.05) is 17.2 Å². The molecule has 0 aliphatic carbocycles. The molecular weight excluding hydrogens is 266 g/mol. The van der Waals surface area contributed by atoms with Crippen LogP contribution in [0.15, 0.2) is 42.7 Å². The fourth-order valence-electron chi connectivity index (χ4n) is 1.88. The second kappa shape index (κ2) is 7.40. The van der Waals surface area contributed by atoms with Crippen molar-refractivity contribution in [3.8, 4) is 0 Å². The summed E-state index contributed by atoms with van der Waals surface area (Å²) in [4.78, 5) is 16.3. The van der Waals surface area contributed by atoms with E-state index in [1.165, 1.54) is 0 Å². The molecule has 0 aliphatic heterocycles. The molecule has 1 amide bonds. The summed E-state index contributed by atoms with van der Waals surface area (Å²) in [5.41, 5.74) is 2.77. The van der Waals surface area contributed by atoms with Crippen molar-refractivity contribution in [1.29, 1.82) is 0 Å². The van der Waals surface area contributed by atoms with Gasteiger partial charge in [-0.2, -0.15) is 0 Å². The van der Waals surface area contributed by atoms with E-state index in [1.54, 1.807) is 42.7 Å². The Labute approximate surface area is 124 Å². The summed E-state index contributed by atoms with van der Waals surface area (Å²) in [7, 11) is 0. The van der Waals surface area contributed by atoms with Crippen LogP contribution >= 0.6 is 0 Å². The maximum absolute atomic E-state index is 12.3. The van der Waals surface area contributed by atoms with Crippen LogP contribution in [0.2, 0.25) is 0 Å². The third kappa shape index (κ3) is 4.03. The van der Waals surface area contributed by atoms with Crippen LogP contribution in [0.1, 0.15) is 29.3 Å². The summed E-state index contributed by atoms with van der Waals surface area (Å²) in [6.45, 7) is 2.86. The van der Waals surface area contributed by atoms with Gasteiger partial charge in [-0.25, -0.2) is 0 Å². The zero-order chi connectivity index (χ0) is 15.1. The Hall–Kier alpha value is -2.40. The summed E-state index contributed by atoms with van der Waals surface area (Å²) < 4.78 is 0. The molecule has 0 fully saturated rings. The van der Waals surface area contributed by atoms with E-state index in [2.05, 4.69) is 22.5 Å². The number of carbonyl (C=O) groups excluding carboxylic acids is 1. The fraction of sp³-hybridized carbons (Fsp3) is 0.250. The lowest BCUT2D eigenvalue weighted by Gasteiger charge is -2.11. The summed E-state index contributed by atoms with van der Waals surface area (Å²) in [5.74, 6) is -0.210. The lowest BCUT2D eigenvalue weighted by molar-refractivity contribution is 0.102. The van der Waals surface area contributed by atoms with Gasteiger partial charge in [0.25, 0.3) is 5.91 Å². The van der Waals surface area contributed by atoms with Gasteiger partial charge in [0, 0.05) is 24.6 Å². The number of nitrogens with zero attached hydrogens (tertiary/aromatic N) is 1. The number of rotatable bonds is 6. The van der Waals surface area contributed by atoms with Gasteiger partial charge in [0.15, 0.2) is 0 Å². The summed E-state index contributed by atoms with van der Waals surface area (Å²) in [5, 5.41) is 15.0. The molecule has 3 N–H and O–H groups in total. The van der Waals surface area contributed by atoms with Crippen LogP contribution in [0.4, 0.5) is 11.4 Å². The number of aliphatic hydroxyl groups is 1. The van der Waals surface area contributed by atoms with Crippen molar-refractivity contribution in [2.24, 2.45) is 0 Å². The van der Waals surface area contributed by atoms with E-state index < -0.39 is 0 Å². The van der Waals surface area contributed by atoms with Gasteiger partial charge in [0.1, 0.15) is 0 Å². The lowest BCUT2D eigenvalue weighted by Crippen LogP contribution is -2.15. The van der Waals surface area contributed by atoms with Crippen LogP contribution in [-0.2, 0) is 6.61 Å². The highest BCUT2D eigenvalue weighted by Gasteiger charge is 2.11. The average Bonchev–Trinajstić information content (AvgIpc) is 2.54. The standard InChI is InChI=1S/C16H19N3O2/c1-2-8-18-15-7-9-17-10-14(15)16(21)19-13-5-3-12(11-20)4-6-13/h3-7,9-10,20H,2,8,11H2,1H3,(H,17,18)(H,19,21). The highest BCUT2D eigenvalue weighted by Crippen LogP contribution is 2.17. The van der Waals surface area contributed by atoms with Crippen LogP contribution in [-0.4, -0.2) is 22.5 Å². The molecule has 0 atom stereocenters. The van der Waals surface area contributed by atoms with Crippen molar-refractivity contribution in [1.82, 2.24) is 4.98 Å². The predicted molar refractivity (Wildman–Crippen MR) is 83.3 cm³/mol. The zero-order valence-corrected chi connectivity index (χ0v) is 12.0. The van der Waals surface area contributed by atoms with E-state index in [0.717, 1.165) is 24.2 Å². The van der Waals surface area contributed by atoms with E-state index >= 15 is 0 Å². The summed E-state index contributed by atoms with van der Waals surface area (Å²) in [6.07, 6.45) is 4.19. The number of nitrogens with one attached hydrogen (secondary N) is 2. The van der Waals surface area contributed by atoms with Crippen molar-refractivity contribution in [2.45, 2.75) is 20.0 Å². The van der Waals surface area contributed by atoms with Crippen molar-refractivity contribution < 1.29 is 9.90 Å². The predicted octanol–water partition coefficient (Wildman–Crippen LogP) is 2.65. The third-order valence-corrected chi connectivity index (χ3v) is 3.03. The molecule has 0 saturated carbocycles. The Morgan fingerprint density at radius 2 is 2.00 bits per heavy atom. The Kier molecular flexibility index (Phi) is 5.29. The quantitative estimate of drug-likeness (QED) is 0.763. The van der Waals surface area contributed by atoms with E-state index in [0.29, 0.717) is 11.3 Å². The largest absolute Gasteiger partial charge is 0.392 e. The minimum Gasteiger partial charge on any atom is -0.392 e. The monoisotopic (exact) mass is 285 g/mol. The second-order valence-corrected chi connectivity index (χ2v) is 4.66. The van der Waals surface area contributed by atoms with E-state index in [9.17, 15) is 4.79 Å². The van der Waals surface area contributed by atoms with Gasteiger partial charge >= 0.3 is 0 Å². The molecule has 0 aliphatic rings. The molecule has 21 heavy (non-hydrogen) atoms. The number of carbonyl (C=O) groups is 1. The SMILES string of the molecule is CCCNc1ccncc1C(=O)Nc1ccc(CO)cc1. The van der Waals surface area contributed by atoms with Crippen LogP contribution in [0.25, 0.3) is 0 Å². The molecule has 0 bridgehead atoms. The molecule has 1 aromatic carbocycles. The Morgan fingerprint density at radius 1 is 1.24 bits per heavy atom. The van der Waals surface area contributed by atoms with E-state index in [1.807, 2.05) is 0 Å². The number of pyridine rings is 1. The average molecular weight is 285 g/mol. The van der Waals surface area contributed by atoms with Crippen molar-refractivity contribution >= 4 is 17.3 Å². The maximum Gasteiger partial charge on any atom is 0.259 e. The lowest BCUT2D eigenvalue weighted by atomic mass is 10.2. The number of benzene rings is 1. The molecule has 2 rings (SSSR count). The molecular formula is C16H19N3O2. The van der Waals surface area contributed by atoms with Gasteiger partial charge in [-0.15, -0.1) is 0 Å². The van der Waals surface area contributed by atoms with Crippen molar-refractivity contribution in [3.63, 3.8) is 0 Å². The molecule has 5 nitrogen and oxygen atoms in total. The van der Waals surface area contributed by atoms with Crippen LogP contribution in [0, 0.1) is 0 Å². The molecule has 1 heterocycles. The van der Waals surface area contributed by atoms with Gasteiger partial charge in [0.2, 0.25) is 0 Å². The van der Waals surface area contributed by atoms with E-state index in [-0.39, 0.29) is 12.5 Å². The third-order valence-electron chi connectivity index (χ3n) is 3.03. The number of hydrogen-bond acceptors (Lipinski definition) is 4. The van der Waals surface area contributed by atoms with Gasteiger partial charge in [-0.05, 0) is 30.2 Å². The van der Waals surface area contributed by atoms with Crippen LogP contribution < -0.4 is 10.6 Å². The first-order chi connectivity index (χ1) is 10.2. The number of aromatic nitrogens is 1. The molecule has 0 saturated heterocycles. The van der Waals surface area contributed by atoms with E-state index in [4.69, 9.17) is 5.11 Å². The Bertz CT molecular complexity index is 597. The minimum absolute atomic E-state index is 0.0120. The Balaban J connectivity index is 2.12. The molecule has 0 radical (unpaired) electrons. The molecule has 0 unspecified atom stereocenters. The first-order valence-corrected chi connectivity index (χ1v) is 6.93. The number of aliphatic hydroxyl groups excluding tert-OH is 1. The maximum atomic E-state index is 12.3. The number of hydrogen-bond donors (Lipinski definition) is 3. The normalized spacial score (nSPS) is 10.2. The number of anilines is 2. The second-order valence-electron chi connectivity index (χ2n) is 4.66. The zero-order valence-electron chi connectivity index (χ0n) is 12.0. The summed E-state index contributed by atoms with van der Waals surface area (Å²) in [6, 6.07) is 8.86. The van der Waals surface area contributed by atoms with Crippen LogP contribution in [0.3, 0.4) is 0 Å². The molecule has 0 spiro atoms. The van der Waals surface area contributed by atoms with Crippen molar-refractivity contribution in [3.05, 3.63) is 53.9 Å². The molecule has 5 heteroatoms. The molecule has 1 aromatic heterocycles. The molecule has 2 aromatic rings. The van der Waals surface area contributed by atoms with Crippen LogP contribution in [0.5, 0.6) is 0 Å². The highest BCUT2D eigenvalue weighted by molar-refractivity contribution is 6.07. The fourth-order valence-corrected chi connectivity index (χ4v) is 1.88. The number of amides is 1. The topological polar surface area (TPSA) is 74.2 Å². The van der Waals surface area contributed by atoms with Gasteiger partial charge in [-0.1, -0.05) is 19.1 Å². The first kappa shape index (κ1) is 15.0. The smallest absolute Gasteiger partial charge is 0.259 e. The van der Waals surface area contributed by atoms with Gasteiger partial charge < -0.3 is 15.7 Å². The van der Waals surface area contributed by atoms with Gasteiger partial charge in [0.05, 0.1) is 17.9 Å². The minimum atomic E-state index is -0.210. The van der Waals surface area contributed by atoms with Gasteiger partial charge in [-0.3, -0.25) is 9.78 Å².